The van der Waals surface area contributed by atoms with Crippen molar-refractivity contribution in [2.24, 2.45) is 0 Å². The van der Waals surface area contributed by atoms with Crippen molar-refractivity contribution in [3.63, 3.8) is 0 Å². The SMILES string of the molecule is Cc1c[nH]c2ncc(-c3cc4c(c([C@@H]5COCCN5C(=O)OC(C)(C)C)c3)CN(C(=O)c3cnn(C5CC5)c3)CC4)cc12. The molecule has 0 spiro atoms. The van der Waals surface area contributed by atoms with Gasteiger partial charge in [-0.1, -0.05) is 6.07 Å². The van der Waals surface area contributed by atoms with Gasteiger partial charge in [-0.2, -0.15) is 5.10 Å². The first-order valence-corrected chi connectivity index (χ1v) is 15.2. The van der Waals surface area contributed by atoms with E-state index in [0.29, 0.717) is 50.9 Å². The Labute approximate surface area is 251 Å². The van der Waals surface area contributed by atoms with Crippen LogP contribution in [-0.4, -0.2) is 73.5 Å². The lowest BCUT2D eigenvalue weighted by molar-refractivity contribution is -0.0334. The minimum absolute atomic E-state index is 0.0194. The highest BCUT2D eigenvalue weighted by atomic mass is 16.6. The van der Waals surface area contributed by atoms with Crippen LogP contribution in [0, 0.1) is 6.92 Å². The van der Waals surface area contributed by atoms with Crippen LogP contribution in [0.2, 0.25) is 0 Å². The molecule has 0 bridgehead atoms. The Hall–Kier alpha value is -4.18. The van der Waals surface area contributed by atoms with E-state index in [4.69, 9.17) is 9.47 Å². The zero-order valence-electron chi connectivity index (χ0n) is 25.2. The molecule has 1 saturated heterocycles. The number of nitrogens with zero attached hydrogens (tertiary/aromatic N) is 5. The summed E-state index contributed by atoms with van der Waals surface area (Å²) in [4.78, 5) is 38.7. The van der Waals surface area contributed by atoms with Crippen LogP contribution in [0.4, 0.5) is 4.79 Å². The molecule has 3 aromatic heterocycles. The highest BCUT2D eigenvalue weighted by molar-refractivity contribution is 5.94. The molecule has 0 unspecified atom stereocenters. The number of ether oxygens (including phenoxy) is 2. The molecule has 2 aliphatic heterocycles. The van der Waals surface area contributed by atoms with Gasteiger partial charge in [0.1, 0.15) is 11.2 Å². The molecule has 43 heavy (non-hydrogen) atoms. The maximum absolute atomic E-state index is 13.7. The summed E-state index contributed by atoms with van der Waals surface area (Å²) < 4.78 is 13.7. The first kappa shape index (κ1) is 27.6. The average molecular weight is 583 g/mol. The number of aromatic amines is 1. The lowest BCUT2D eigenvalue weighted by atomic mass is 9.86. The van der Waals surface area contributed by atoms with Crippen molar-refractivity contribution in [2.75, 3.05) is 26.3 Å². The average Bonchev–Trinajstić information content (AvgIpc) is 3.61. The summed E-state index contributed by atoms with van der Waals surface area (Å²) in [6.07, 6.45) is 10.0. The third-order valence-corrected chi connectivity index (χ3v) is 8.62. The fourth-order valence-electron chi connectivity index (χ4n) is 6.20. The van der Waals surface area contributed by atoms with E-state index in [1.807, 2.05) is 48.9 Å². The fraction of sp³-hybridized carbons (Fsp3) is 0.455. The standard InChI is InChI=1S/C33H38N6O4/c1-20-14-34-30-26(20)13-23(15-35-30)22-11-21-7-8-37(31(40)24-16-36-39(17-24)25-5-6-25)18-28(21)27(12-22)29-19-42-10-9-38(29)32(41)43-33(2,3)4/h11-17,25,29H,5-10,18-19H2,1-4H3,(H,34,35)/t29-/m0/s1. The lowest BCUT2D eigenvalue weighted by Gasteiger charge is -2.39. The van der Waals surface area contributed by atoms with Crippen LogP contribution >= 0.6 is 0 Å². The molecule has 4 aromatic rings. The summed E-state index contributed by atoms with van der Waals surface area (Å²) in [5.41, 5.74) is 7.25. The fourth-order valence-corrected chi connectivity index (χ4v) is 6.20. The Kier molecular flexibility index (Phi) is 6.76. The van der Waals surface area contributed by atoms with E-state index in [-0.39, 0.29) is 18.0 Å². The van der Waals surface area contributed by atoms with Crippen LogP contribution < -0.4 is 0 Å². The van der Waals surface area contributed by atoms with Crippen LogP contribution in [0.5, 0.6) is 0 Å². The number of hydrogen-bond donors (Lipinski definition) is 1. The molecule has 1 atom stereocenters. The Morgan fingerprint density at radius 3 is 2.72 bits per heavy atom. The number of amides is 2. The van der Waals surface area contributed by atoms with Crippen molar-refractivity contribution in [2.45, 2.75) is 71.2 Å². The molecule has 1 N–H and O–H groups in total. The number of carbonyl (C=O) groups is 2. The van der Waals surface area contributed by atoms with Crippen molar-refractivity contribution in [3.8, 4) is 11.1 Å². The molecule has 2 fully saturated rings. The summed E-state index contributed by atoms with van der Waals surface area (Å²) in [5.74, 6) is -0.0194. The van der Waals surface area contributed by atoms with Crippen molar-refractivity contribution >= 4 is 23.0 Å². The van der Waals surface area contributed by atoms with Crippen molar-refractivity contribution in [1.82, 2.24) is 29.5 Å². The van der Waals surface area contributed by atoms with Gasteiger partial charge < -0.3 is 19.4 Å². The molecule has 1 saturated carbocycles. The number of fused-ring (bicyclic) bond motifs is 2. The van der Waals surface area contributed by atoms with Crippen LogP contribution in [0.15, 0.2) is 43.0 Å². The summed E-state index contributed by atoms with van der Waals surface area (Å²) in [5, 5.41) is 5.52. The van der Waals surface area contributed by atoms with Gasteiger partial charge in [-0.15, -0.1) is 0 Å². The van der Waals surface area contributed by atoms with Gasteiger partial charge >= 0.3 is 6.09 Å². The summed E-state index contributed by atoms with van der Waals surface area (Å²) >= 11 is 0. The van der Waals surface area contributed by atoms with E-state index in [0.717, 1.165) is 51.7 Å². The molecule has 5 heterocycles. The molecule has 10 heteroatoms. The molecule has 7 rings (SSSR count). The Morgan fingerprint density at radius 2 is 1.93 bits per heavy atom. The predicted octanol–water partition coefficient (Wildman–Crippen LogP) is 5.58. The number of carbonyl (C=O) groups excluding carboxylic acids is 2. The molecule has 1 aromatic carbocycles. The second kappa shape index (κ2) is 10.5. The van der Waals surface area contributed by atoms with E-state index in [9.17, 15) is 9.59 Å². The molecule has 10 nitrogen and oxygen atoms in total. The van der Waals surface area contributed by atoms with Crippen LogP contribution in [0.3, 0.4) is 0 Å². The van der Waals surface area contributed by atoms with Gasteiger partial charge in [-0.25, -0.2) is 9.78 Å². The number of aryl methyl sites for hydroxylation is 1. The molecular formula is C33H38N6O4. The van der Waals surface area contributed by atoms with E-state index in [1.54, 1.807) is 11.1 Å². The molecular weight excluding hydrogens is 544 g/mol. The topological polar surface area (TPSA) is 106 Å². The minimum atomic E-state index is -0.620. The third-order valence-electron chi connectivity index (χ3n) is 8.62. The smallest absolute Gasteiger partial charge is 0.410 e. The number of pyridine rings is 1. The normalized spacial score (nSPS) is 19.0. The minimum Gasteiger partial charge on any atom is -0.444 e. The van der Waals surface area contributed by atoms with Gasteiger partial charge in [-0.05, 0) is 86.9 Å². The third kappa shape index (κ3) is 5.40. The number of nitrogens with one attached hydrogen (secondary N) is 1. The Bertz CT molecular complexity index is 1710. The van der Waals surface area contributed by atoms with Crippen molar-refractivity contribution in [1.29, 1.82) is 0 Å². The second-order valence-corrected chi connectivity index (χ2v) is 13.0. The quantitative estimate of drug-likeness (QED) is 0.337. The van der Waals surface area contributed by atoms with Crippen LogP contribution in [0.1, 0.15) is 78.3 Å². The molecule has 1 aliphatic carbocycles. The number of hydrogen-bond acceptors (Lipinski definition) is 6. The van der Waals surface area contributed by atoms with Gasteiger partial charge in [0.2, 0.25) is 0 Å². The van der Waals surface area contributed by atoms with Gasteiger partial charge in [0, 0.05) is 49.2 Å². The first-order chi connectivity index (χ1) is 20.6. The van der Waals surface area contributed by atoms with E-state index < -0.39 is 5.60 Å². The van der Waals surface area contributed by atoms with E-state index in [2.05, 4.69) is 40.2 Å². The van der Waals surface area contributed by atoms with Gasteiger partial charge in [-0.3, -0.25) is 14.4 Å². The number of benzene rings is 1. The summed E-state index contributed by atoms with van der Waals surface area (Å²) in [7, 11) is 0. The summed E-state index contributed by atoms with van der Waals surface area (Å²) in [6, 6.07) is 6.61. The number of morpholine rings is 1. The lowest BCUT2D eigenvalue weighted by Crippen LogP contribution is -2.46. The first-order valence-electron chi connectivity index (χ1n) is 15.2. The predicted molar refractivity (Wildman–Crippen MR) is 162 cm³/mol. The molecule has 2 amide bonds. The maximum atomic E-state index is 13.7. The molecule has 3 aliphatic rings. The number of aromatic nitrogens is 4. The van der Waals surface area contributed by atoms with Crippen LogP contribution in [-0.2, 0) is 22.4 Å². The molecule has 0 radical (unpaired) electrons. The van der Waals surface area contributed by atoms with E-state index in [1.165, 1.54) is 5.56 Å². The number of rotatable bonds is 4. The highest BCUT2D eigenvalue weighted by Gasteiger charge is 2.36. The zero-order valence-corrected chi connectivity index (χ0v) is 25.2. The summed E-state index contributed by atoms with van der Waals surface area (Å²) in [6.45, 7) is 9.99. The Balaban J connectivity index is 1.29. The largest absolute Gasteiger partial charge is 0.444 e. The molecule has 224 valence electrons. The van der Waals surface area contributed by atoms with Crippen molar-refractivity contribution in [3.05, 3.63) is 70.8 Å². The van der Waals surface area contributed by atoms with E-state index >= 15 is 0 Å². The van der Waals surface area contributed by atoms with Gasteiger partial charge in [0.05, 0.1) is 37.1 Å². The van der Waals surface area contributed by atoms with Crippen LogP contribution in [0.25, 0.3) is 22.2 Å². The Morgan fingerprint density at radius 1 is 1.09 bits per heavy atom. The second-order valence-electron chi connectivity index (χ2n) is 13.0. The highest BCUT2D eigenvalue weighted by Crippen LogP contribution is 2.38. The monoisotopic (exact) mass is 582 g/mol. The van der Waals surface area contributed by atoms with Crippen molar-refractivity contribution < 1.29 is 19.1 Å². The number of H-pyrrole nitrogens is 1. The van der Waals surface area contributed by atoms with Gasteiger partial charge in [0.15, 0.2) is 0 Å². The van der Waals surface area contributed by atoms with Gasteiger partial charge in [0.25, 0.3) is 5.91 Å². The zero-order chi connectivity index (χ0) is 29.9. The maximum Gasteiger partial charge on any atom is 0.410 e.